The summed E-state index contributed by atoms with van der Waals surface area (Å²) in [5, 5.41) is 14.0. The maximum atomic E-state index is 12.8. The average molecular weight is 402 g/mol. The Labute approximate surface area is 168 Å². The number of oxime groups is 1. The lowest BCUT2D eigenvalue weighted by Gasteiger charge is -2.07. The molecule has 0 unspecified atom stereocenters. The Bertz CT molecular complexity index is 866. The SMILES string of the molecule is CC(C)CCON=O.O=C1C(=NO)Cc2cc(OCc3ccc(F)cc3)ccc21. The van der Waals surface area contributed by atoms with Gasteiger partial charge in [-0.2, -0.15) is 0 Å². The summed E-state index contributed by atoms with van der Waals surface area (Å²) < 4.78 is 18.4. The summed E-state index contributed by atoms with van der Waals surface area (Å²) in [5.74, 6) is 0.657. The third-order valence-electron chi connectivity index (χ3n) is 4.22. The maximum absolute atomic E-state index is 12.8. The Morgan fingerprint density at radius 2 is 1.90 bits per heavy atom. The van der Waals surface area contributed by atoms with Crippen molar-refractivity contribution < 1.29 is 24.0 Å². The van der Waals surface area contributed by atoms with E-state index in [1.54, 1.807) is 30.3 Å². The molecule has 1 aliphatic rings. The number of nitrogens with zero attached hydrogens (tertiary/aromatic N) is 2. The Balaban J connectivity index is 0.000000321. The zero-order valence-corrected chi connectivity index (χ0v) is 16.3. The molecular formula is C21H23FN2O5. The van der Waals surface area contributed by atoms with E-state index >= 15 is 0 Å². The summed E-state index contributed by atoms with van der Waals surface area (Å²) >= 11 is 0. The molecule has 0 radical (unpaired) electrons. The van der Waals surface area contributed by atoms with Crippen LogP contribution in [0.4, 0.5) is 4.39 Å². The molecule has 0 atom stereocenters. The van der Waals surface area contributed by atoms with Crippen molar-refractivity contribution in [2.75, 3.05) is 6.61 Å². The lowest BCUT2D eigenvalue weighted by Crippen LogP contribution is -2.06. The Hall–Kier alpha value is -3.29. The highest BCUT2D eigenvalue weighted by Crippen LogP contribution is 2.25. The van der Waals surface area contributed by atoms with Gasteiger partial charge in [-0.1, -0.05) is 31.1 Å². The molecule has 0 saturated carbocycles. The largest absolute Gasteiger partial charge is 0.489 e. The van der Waals surface area contributed by atoms with E-state index < -0.39 is 0 Å². The van der Waals surface area contributed by atoms with Crippen molar-refractivity contribution in [3.63, 3.8) is 0 Å². The standard InChI is InChI=1S/C16H12FNO3.C5H11NO2/c17-12-3-1-10(2-4-12)9-21-13-5-6-14-11(7-13)8-15(18-20)16(14)19;1-5(2)3-4-8-6-7/h1-7,20H,8-9H2;5H,3-4H2,1-2H3. The molecule has 1 aliphatic carbocycles. The number of fused-ring (bicyclic) bond motifs is 1. The fraction of sp³-hybridized carbons (Fsp3) is 0.333. The molecule has 3 rings (SSSR count). The third-order valence-corrected chi connectivity index (χ3v) is 4.22. The first-order valence-electron chi connectivity index (χ1n) is 9.15. The van der Waals surface area contributed by atoms with Gasteiger partial charge in [-0.3, -0.25) is 4.79 Å². The van der Waals surface area contributed by atoms with Crippen LogP contribution in [0.3, 0.4) is 0 Å². The number of hydrogen-bond acceptors (Lipinski definition) is 7. The maximum Gasteiger partial charge on any atom is 0.211 e. The minimum atomic E-state index is -0.286. The highest BCUT2D eigenvalue weighted by molar-refractivity contribution is 6.49. The minimum absolute atomic E-state index is 0.140. The molecule has 0 heterocycles. The van der Waals surface area contributed by atoms with Crippen molar-refractivity contribution in [1.29, 1.82) is 0 Å². The first kappa shape index (κ1) is 22.0. The molecule has 0 saturated heterocycles. The van der Waals surface area contributed by atoms with E-state index in [2.05, 4.69) is 29.2 Å². The second-order valence-electron chi connectivity index (χ2n) is 6.88. The Morgan fingerprint density at radius 3 is 2.52 bits per heavy atom. The van der Waals surface area contributed by atoms with Crippen LogP contribution in [0.15, 0.2) is 53.0 Å². The number of rotatable bonds is 7. The smallest absolute Gasteiger partial charge is 0.211 e. The van der Waals surface area contributed by atoms with Gasteiger partial charge < -0.3 is 14.8 Å². The molecular weight excluding hydrogens is 379 g/mol. The van der Waals surface area contributed by atoms with E-state index in [1.807, 2.05) is 0 Å². The molecule has 0 fully saturated rings. The van der Waals surface area contributed by atoms with E-state index in [-0.39, 0.29) is 17.3 Å². The van der Waals surface area contributed by atoms with Crippen molar-refractivity contribution in [2.24, 2.45) is 16.4 Å². The first-order valence-corrected chi connectivity index (χ1v) is 9.15. The van der Waals surface area contributed by atoms with Crippen LogP contribution in [0.2, 0.25) is 0 Å². The summed E-state index contributed by atoms with van der Waals surface area (Å²) in [4.78, 5) is 25.3. The van der Waals surface area contributed by atoms with E-state index in [0.29, 0.717) is 36.9 Å². The van der Waals surface area contributed by atoms with Gasteiger partial charge >= 0.3 is 0 Å². The van der Waals surface area contributed by atoms with Gasteiger partial charge in [0, 0.05) is 12.0 Å². The minimum Gasteiger partial charge on any atom is -0.489 e. The molecule has 1 N–H and O–H groups in total. The predicted molar refractivity (Wildman–Crippen MR) is 106 cm³/mol. The summed E-state index contributed by atoms with van der Waals surface area (Å²) in [6.45, 7) is 4.89. The van der Waals surface area contributed by atoms with Crippen LogP contribution >= 0.6 is 0 Å². The second-order valence-corrected chi connectivity index (χ2v) is 6.88. The molecule has 7 nitrogen and oxygen atoms in total. The van der Waals surface area contributed by atoms with Gasteiger partial charge in [-0.05, 0) is 53.8 Å². The third kappa shape index (κ3) is 6.67. The van der Waals surface area contributed by atoms with Crippen molar-refractivity contribution in [3.05, 3.63) is 69.9 Å². The predicted octanol–water partition coefficient (Wildman–Crippen LogP) is 4.70. The topological polar surface area (TPSA) is 97.6 Å². The zero-order valence-electron chi connectivity index (χ0n) is 16.3. The van der Waals surface area contributed by atoms with Crippen LogP contribution in [0.1, 0.15) is 41.8 Å². The van der Waals surface area contributed by atoms with E-state index in [4.69, 9.17) is 9.94 Å². The summed E-state index contributed by atoms with van der Waals surface area (Å²) in [6.07, 6.45) is 1.20. The number of carbonyl (C=O) groups excluding carboxylic acids is 1. The Kier molecular flexibility index (Phi) is 8.27. The number of halogens is 1. The van der Waals surface area contributed by atoms with Crippen LogP contribution in [-0.4, -0.2) is 23.3 Å². The quantitative estimate of drug-likeness (QED) is 0.313. The first-order chi connectivity index (χ1) is 13.9. The van der Waals surface area contributed by atoms with Gasteiger partial charge in [0.2, 0.25) is 5.78 Å². The normalized spacial score (nSPS) is 13.7. The lowest BCUT2D eigenvalue weighted by atomic mass is 10.1. The number of carbonyl (C=O) groups is 1. The van der Waals surface area contributed by atoms with Crippen LogP contribution < -0.4 is 4.74 Å². The van der Waals surface area contributed by atoms with Gasteiger partial charge in [0.15, 0.2) is 5.34 Å². The fourth-order valence-corrected chi connectivity index (χ4v) is 2.60. The summed E-state index contributed by atoms with van der Waals surface area (Å²) in [7, 11) is 0. The highest BCUT2D eigenvalue weighted by Gasteiger charge is 2.27. The fourth-order valence-electron chi connectivity index (χ4n) is 2.60. The molecule has 0 amide bonds. The molecule has 2 aromatic carbocycles. The number of benzene rings is 2. The molecule has 8 heteroatoms. The van der Waals surface area contributed by atoms with E-state index in [1.165, 1.54) is 12.1 Å². The summed E-state index contributed by atoms with van der Waals surface area (Å²) in [6, 6.07) is 11.2. The molecule has 0 aliphatic heterocycles. The lowest BCUT2D eigenvalue weighted by molar-refractivity contribution is 0.106. The Morgan fingerprint density at radius 1 is 1.17 bits per heavy atom. The highest BCUT2D eigenvalue weighted by atomic mass is 19.1. The van der Waals surface area contributed by atoms with Gasteiger partial charge in [0.05, 0.1) is 0 Å². The average Bonchev–Trinajstić information content (AvgIpc) is 3.03. The van der Waals surface area contributed by atoms with Crippen molar-refractivity contribution >= 4 is 11.5 Å². The summed E-state index contributed by atoms with van der Waals surface area (Å²) in [5.41, 5.74) is 2.31. The molecule has 29 heavy (non-hydrogen) atoms. The van der Waals surface area contributed by atoms with Crippen LogP contribution in [0.25, 0.3) is 0 Å². The van der Waals surface area contributed by atoms with E-state index in [0.717, 1.165) is 17.5 Å². The van der Waals surface area contributed by atoms with Crippen molar-refractivity contribution in [2.45, 2.75) is 33.3 Å². The van der Waals surface area contributed by atoms with Crippen molar-refractivity contribution in [1.82, 2.24) is 0 Å². The molecule has 2 aromatic rings. The second kappa shape index (κ2) is 10.9. The van der Waals surface area contributed by atoms with E-state index in [9.17, 15) is 14.1 Å². The molecule has 0 bridgehead atoms. The number of Topliss-reactive ketones (excluding diaryl/α,β-unsaturated/α-hetero) is 1. The van der Waals surface area contributed by atoms with Gasteiger partial charge in [-0.25, -0.2) is 4.39 Å². The number of ether oxygens (including phenoxy) is 1. The number of hydrogen-bond donors (Lipinski definition) is 1. The monoisotopic (exact) mass is 402 g/mol. The number of ketones is 1. The molecule has 0 spiro atoms. The molecule has 0 aromatic heterocycles. The van der Waals surface area contributed by atoms with Crippen LogP contribution in [0, 0.1) is 16.6 Å². The van der Waals surface area contributed by atoms with Crippen molar-refractivity contribution in [3.8, 4) is 5.75 Å². The van der Waals surface area contributed by atoms with Gasteiger partial charge in [0.25, 0.3) is 0 Å². The molecule has 154 valence electrons. The van der Waals surface area contributed by atoms with Gasteiger partial charge in [0.1, 0.15) is 30.5 Å². The van der Waals surface area contributed by atoms with Gasteiger partial charge in [-0.15, -0.1) is 4.91 Å². The zero-order chi connectivity index (χ0) is 21.2. The van der Waals surface area contributed by atoms with Crippen LogP contribution in [-0.2, 0) is 17.9 Å². The van der Waals surface area contributed by atoms with Crippen LogP contribution in [0.5, 0.6) is 5.75 Å².